The molecule has 1 aliphatic carbocycles. The third-order valence-electron chi connectivity index (χ3n) is 6.28. The van der Waals surface area contributed by atoms with Crippen LogP contribution in [0.2, 0.25) is 0 Å². The number of fused-ring (bicyclic) bond motifs is 1. The lowest BCUT2D eigenvalue weighted by Gasteiger charge is -2.26. The predicted octanol–water partition coefficient (Wildman–Crippen LogP) is 3.91. The Bertz CT molecular complexity index is 873. The number of nitrogens with one attached hydrogen (secondary N) is 1. The van der Waals surface area contributed by atoms with Gasteiger partial charge < -0.3 is 21.1 Å². The lowest BCUT2D eigenvalue weighted by molar-refractivity contribution is -0.192. The Hall–Kier alpha value is -2.88. The average Bonchev–Trinajstić information content (AvgIpc) is 3.26. The van der Waals surface area contributed by atoms with Crippen LogP contribution in [0.25, 0.3) is 0 Å². The summed E-state index contributed by atoms with van der Waals surface area (Å²) in [4.78, 5) is 35.7. The molecule has 10 heteroatoms. The Morgan fingerprint density at radius 3 is 2.17 bits per heavy atom. The van der Waals surface area contributed by atoms with Gasteiger partial charge in [-0.2, -0.15) is 13.2 Å². The third kappa shape index (κ3) is 9.35. The molecular weight excluding hydrogens is 463 g/mol. The van der Waals surface area contributed by atoms with E-state index in [1.165, 1.54) is 43.2 Å². The molecule has 2 atom stereocenters. The zero-order valence-electron chi connectivity index (χ0n) is 19.9. The molecule has 35 heavy (non-hydrogen) atoms. The van der Waals surface area contributed by atoms with Gasteiger partial charge in [-0.1, -0.05) is 69.4 Å². The maximum absolute atomic E-state index is 12.7. The summed E-state index contributed by atoms with van der Waals surface area (Å²) < 4.78 is 31.7. The summed E-state index contributed by atoms with van der Waals surface area (Å²) in [6.07, 6.45) is 6.14. The first-order valence-corrected chi connectivity index (χ1v) is 11.9. The first kappa shape index (κ1) is 28.4. The summed E-state index contributed by atoms with van der Waals surface area (Å²) in [6, 6.07) is 7.54. The van der Waals surface area contributed by atoms with E-state index in [9.17, 15) is 22.8 Å². The molecule has 7 nitrogen and oxygen atoms in total. The molecule has 1 saturated carbocycles. The van der Waals surface area contributed by atoms with Crippen molar-refractivity contribution in [2.24, 2.45) is 11.7 Å². The first-order valence-electron chi connectivity index (χ1n) is 11.9. The minimum Gasteiger partial charge on any atom is -0.475 e. The monoisotopic (exact) mass is 497 g/mol. The quantitative estimate of drug-likeness (QED) is 0.495. The van der Waals surface area contributed by atoms with E-state index in [1.807, 2.05) is 30.0 Å². The SMILES string of the molecule is CC[C@H](N)C(=O)N[C@H](C=CC(=O)N1Cc2ccccc2C1)CC1CCCCC1.O=C(O)C(F)(F)F. The van der Waals surface area contributed by atoms with Crippen LogP contribution < -0.4 is 11.1 Å². The Morgan fingerprint density at radius 1 is 1.14 bits per heavy atom. The number of halogens is 3. The Kier molecular flexibility index (Phi) is 10.8. The van der Waals surface area contributed by atoms with Gasteiger partial charge in [-0.15, -0.1) is 0 Å². The normalized spacial score (nSPS) is 17.8. The Labute approximate surface area is 203 Å². The van der Waals surface area contributed by atoms with Gasteiger partial charge in [-0.25, -0.2) is 4.79 Å². The zero-order chi connectivity index (χ0) is 26.0. The van der Waals surface area contributed by atoms with Crippen LogP contribution in [0.15, 0.2) is 36.4 Å². The molecule has 194 valence electrons. The maximum Gasteiger partial charge on any atom is 0.490 e. The molecule has 4 N–H and O–H groups in total. The van der Waals surface area contributed by atoms with Crippen molar-refractivity contribution in [1.82, 2.24) is 10.2 Å². The van der Waals surface area contributed by atoms with Crippen molar-refractivity contribution in [2.45, 2.75) is 83.2 Å². The largest absolute Gasteiger partial charge is 0.490 e. The molecule has 0 spiro atoms. The van der Waals surface area contributed by atoms with Crippen LogP contribution in [0.1, 0.15) is 63.0 Å². The second-order valence-corrected chi connectivity index (χ2v) is 8.99. The number of carboxylic acid groups (broad SMARTS) is 1. The molecule has 1 heterocycles. The second-order valence-electron chi connectivity index (χ2n) is 8.99. The molecule has 1 aromatic rings. The van der Waals surface area contributed by atoms with E-state index in [2.05, 4.69) is 17.4 Å². The summed E-state index contributed by atoms with van der Waals surface area (Å²) in [5, 5.41) is 10.2. The van der Waals surface area contributed by atoms with E-state index < -0.39 is 18.2 Å². The molecule has 0 unspecified atom stereocenters. The molecule has 1 aliphatic heterocycles. The Morgan fingerprint density at radius 2 is 1.69 bits per heavy atom. The summed E-state index contributed by atoms with van der Waals surface area (Å²) >= 11 is 0. The van der Waals surface area contributed by atoms with Crippen LogP contribution in [-0.4, -0.2) is 46.1 Å². The number of carbonyl (C=O) groups excluding carboxylic acids is 2. The number of hydrogen-bond acceptors (Lipinski definition) is 4. The number of carbonyl (C=O) groups is 3. The van der Waals surface area contributed by atoms with Gasteiger partial charge in [0.2, 0.25) is 11.8 Å². The van der Waals surface area contributed by atoms with Crippen molar-refractivity contribution >= 4 is 17.8 Å². The average molecular weight is 498 g/mol. The number of nitrogens with zero attached hydrogens (tertiary/aromatic N) is 1. The molecule has 0 radical (unpaired) electrons. The van der Waals surface area contributed by atoms with Crippen molar-refractivity contribution in [1.29, 1.82) is 0 Å². The highest BCUT2D eigenvalue weighted by Crippen LogP contribution is 2.28. The summed E-state index contributed by atoms with van der Waals surface area (Å²) in [5.41, 5.74) is 8.32. The molecular formula is C25H34F3N3O4. The number of carboxylic acids is 1. The fraction of sp³-hybridized carbons (Fsp3) is 0.560. The number of aliphatic carboxylic acids is 1. The van der Waals surface area contributed by atoms with E-state index in [4.69, 9.17) is 15.6 Å². The fourth-order valence-electron chi connectivity index (χ4n) is 4.24. The van der Waals surface area contributed by atoms with Gasteiger partial charge in [0.05, 0.1) is 6.04 Å². The molecule has 0 bridgehead atoms. The summed E-state index contributed by atoms with van der Waals surface area (Å²) in [6.45, 7) is 3.21. The van der Waals surface area contributed by atoms with E-state index in [1.54, 1.807) is 6.08 Å². The first-order chi connectivity index (χ1) is 16.5. The van der Waals surface area contributed by atoms with Crippen LogP contribution in [0, 0.1) is 5.92 Å². The number of rotatable bonds is 7. The number of benzene rings is 1. The van der Waals surface area contributed by atoms with Crippen LogP contribution in [-0.2, 0) is 27.5 Å². The van der Waals surface area contributed by atoms with Crippen molar-refractivity contribution in [3.8, 4) is 0 Å². The van der Waals surface area contributed by atoms with Gasteiger partial charge in [-0.3, -0.25) is 9.59 Å². The molecule has 0 saturated heterocycles. The number of hydrogen-bond donors (Lipinski definition) is 3. The van der Waals surface area contributed by atoms with Gasteiger partial charge >= 0.3 is 12.1 Å². The lowest BCUT2D eigenvalue weighted by atomic mass is 9.84. The van der Waals surface area contributed by atoms with E-state index in [-0.39, 0.29) is 17.9 Å². The topological polar surface area (TPSA) is 113 Å². The van der Waals surface area contributed by atoms with E-state index in [0.717, 1.165) is 6.42 Å². The summed E-state index contributed by atoms with van der Waals surface area (Å²) in [7, 11) is 0. The van der Waals surface area contributed by atoms with Crippen molar-refractivity contribution in [3.05, 3.63) is 47.5 Å². The highest BCUT2D eigenvalue weighted by Gasteiger charge is 2.38. The molecule has 1 fully saturated rings. The maximum atomic E-state index is 12.7. The van der Waals surface area contributed by atoms with E-state index >= 15 is 0 Å². The molecule has 2 aliphatic rings. The highest BCUT2D eigenvalue weighted by molar-refractivity contribution is 5.88. The zero-order valence-corrected chi connectivity index (χ0v) is 19.9. The minimum atomic E-state index is -5.08. The molecule has 2 amide bonds. The van der Waals surface area contributed by atoms with Gasteiger partial charge in [0.15, 0.2) is 0 Å². The van der Waals surface area contributed by atoms with Gasteiger partial charge in [0.25, 0.3) is 0 Å². The van der Waals surface area contributed by atoms with Gasteiger partial charge in [0.1, 0.15) is 0 Å². The molecule has 1 aromatic carbocycles. The van der Waals surface area contributed by atoms with Crippen molar-refractivity contribution < 1.29 is 32.7 Å². The number of nitrogens with two attached hydrogens (primary N) is 1. The third-order valence-corrected chi connectivity index (χ3v) is 6.28. The molecule has 3 rings (SSSR count). The fourth-order valence-corrected chi connectivity index (χ4v) is 4.24. The number of alkyl halides is 3. The number of amides is 2. The van der Waals surface area contributed by atoms with Crippen LogP contribution in [0.4, 0.5) is 13.2 Å². The standard InChI is InChI=1S/C23H33N3O2.C2HF3O2/c1-2-21(24)23(28)25-20(14-17-8-4-3-5-9-17)12-13-22(27)26-15-18-10-6-7-11-19(18)16-26;3-2(4,5)1(6)7/h6-7,10-13,17,20-21H,2-5,8-9,14-16,24H2,1H3,(H,25,28);(H,6,7)/t20-,21+;/m1./s1. The second kappa shape index (κ2) is 13.3. The van der Waals surface area contributed by atoms with E-state index in [0.29, 0.717) is 25.4 Å². The predicted molar refractivity (Wildman–Crippen MR) is 125 cm³/mol. The minimum absolute atomic E-state index is 0.00103. The van der Waals surface area contributed by atoms with Gasteiger partial charge in [-0.05, 0) is 29.9 Å². The van der Waals surface area contributed by atoms with Crippen molar-refractivity contribution in [2.75, 3.05) is 0 Å². The lowest BCUT2D eigenvalue weighted by Crippen LogP contribution is -2.45. The van der Waals surface area contributed by atoms with Crippen LogP contribution in [0.3, 0.4) is 0 Å². The summed E-state index contributed by atoms with van der Waals surface area (Å²) in [5.74, 6) is -2.28. The van der Waals surface area contributed by atoms with Crippen LogP contribution >= 0.6 is 0 Å². The van der Waals surface area contributed by atoms with Crippen LogP contribution in [0.5, 0.6) is 0 Å². The van der Waals surface area contributed by atoms with Crippen molar-refractivity contribution in [3.63, 3.8) is 0 Å². The Balaban J connectivity index is 0.000000540. The smallest absolute Gasteiger partial charge is 0.475 e. The molecule has 0 aromatic heterocycles. The highest BCUT2D eigenvalue weighted by atomic mass is 19.4. The van der Waals surface area contributed by atoms with Gasteiger partial charge in [0, 0.05) is 25.2 Å².